The Morgan fingerprint density at radius 1 is 0.857 bits per heavy atom. The number of hydrogen-bond acceptors (Lipinski definition) is 5. The third-order valence-electron chi connectivity index (χ3n) is 6.82. The third-order valence-corrected chi connectivity index (χ3v) is 6.82. The van der Waals surface area contributed by atoms with Crippen molar-refractivity contribution in [2.45, 2.75) is 37.4 Å². The van der Waals surface area contributed by atoms with E-state index in [4.69, 9.17) is 0 Å². The summed E-state index contributed by atoms with van der Waals surface area (Å²) >= 11 is 0. The van der Waals surface area contributed by atoms with Crippen molar-refractivity contribution in [3.8, 4) is 0 Å². The SMILES string of the molecule is OC(O)C1C=Cc2cc(C3=CC(c4ccc(CCc5ccccc5)c(C(O)(O)O)c4)=CC3)ccc21. The number of fused-ring (bicyclic) bond motifs is 1. The molecule has 0 heterocycles. The molecule has 0 bridgehead atoms. The summed E-state index contributed by atoms with van der Waals surface area (Å²) in [6.07, 6.45) is 8.45. The van der Waals surface area contributed by atoms with Crippen molar-refractivity contribution in [1.29, 1.82) is 0 Å². The minimum Gasteiger partial charge on any atom is -0.367 e. The van der Waals surface area contributed by atoms with Gasteiger partial charge in [0.05, 0.1) is 5.92 Å². The monoisotopic (exact) mass is 468 g/mol. The molecule has 0 aromatic heterocycles. The molecule has 0 saturated carbocycles. The molecule has 0 fully saturated rings. The highest BCUT2D eigenvalue weighted by atomic mass is 16.7. The second-order valence-corrected chi connectivity index (χ2v) is 9.17. The summed E-state index contributed by atoms with van der Waals surface area (Å²) < 4.78 is 0. The molecule has 1 atom stereocenters. The lowest BCUT2D eigenvalue weighted by molar-refractivity contribution is -0.324. The summed E-state index contributed by atoms with van der Waals surface area (Å²) in [5.41, 5.74) is 7.68. The summed E-state index contributed by atoms with van der Waals surface area (Å²) in [5, 5.41) is 49.3. The first-order chi connectivity index (χ1) is 16.8. The van der Waals surface area contributed by atoms with Crippen LogP contribution in [0.15, 0.2) is 85.0 Å². The van der Waals surface area contributed by atoms with E-state index < -0.39 is 18.2 Å². The van der Waals surface area contributed by atoms with Gasteiger partial charge in [-0.3, -0.25) is 0 Å². The van der Waals surface area contributed by atoms with Gasteiger partial charge in [-0.2, -0.15) is 0 Å². The molecule has 3 aromatic rings. The van der Waals surface area contributed by atoms with Crippen molar-refractivity contribution in [1.82, 2.24) is 0 Å². The van der Waals surface area contributed by atoms with Crippen LogP contribution in [0.1, 0.15) is 51.3 Å². The van der Waals surface area contributed by atoms with E-state index in [2.05, 4.69) is 18.2 Å². The number of aryl methyl sites for hydroxylation is 2. The molecular formula is C30H28O5. The smallest absolute Gasteiger partial charge is 0.304 e. The van der Waals surface area contributed by atoms with Crippen molar-refractivity contribution in [3.05, 3.63) is 124 Å². The predicted molar refractivity (Wildman–Crippen MR) is 136 cm³/mol. The van der Waals surface area contributed by atoms with Crippen LogP contribution in [0.2, 0.25) is 0 Å². The largest absolute Gasteiger partial charge is 0.367 e. The molecule has 35 heavy (non-hydrogen) atoms. The Balaban J connectivity index is 1.39. The molecule has 5 rings (SSSR count). The number of hydrogen-bond donors (Lipinski definition) is 5. The van der Waals surface area contributed by atoms with Crippen LogP contribution >= 0.6 is 0 Å². The fraction of sp³-hybridized carbons (Fsp3) is 0.200. The minimum absolute atomic E-state index is 0.0879. The summed E-state index contributed by atoms with van der Waals surface area (Å²) in [6, 6.07) is 21.3. The van der Waals surface area contributed by atoms with E-state index in [0.29, 0.717) is 12.0 Å². The van der Waals surface area contributed by atoms with E-state index in [9.17, 15) is 25.5 Å². The Kier molecular flexibility index (Phi) is 6.28. The molecule has 0 aliphatic heterocycles. The maximum absolute atomic E-state index is 10.0. The molecule has 0 spiro atoms. The van der Waals surface area contributed by atoms with Crippen molar-refractivity contribution in [2.75, 3.05) is 0 Å². The quantitative estimate of drug-likeness (QED) is 0.339. The van der Waals surface area contributed by atoms with Gasteiger partial charge in [-0.05, 0) is 75.9 Å². The van der Waals surface area contributed by atoms with Gasteiger partial charge < -0.3 is 25.5 Å². The van der Waals surface area contributed by atoms with Crippen molar-refractivity contribution >= 4 is 17.2 Å². The summed E-state index contributed by atoms with van der Waals surface area (Å²) in [4.78, 5) is 0. The van der Waals surface area contributed by atoms with Crippen LogP contribution in [0.5, 0.6) is 0 Å². The lowest BCUT2D eigenvalue weighted by Gasteiger charge is -2.20. The average Bonchev–Trinajstić information content (AvgIpc) is 3.50. The third kappa shape index (κ3) is 4.91. The van der Waals surface area contributed by atoms with E-state index in [1.54, 1.807) is 12.1 Å². The van der Waals surface area contributed by atoms with Gasteiger partial charge in [-0.25, -0.2) is 0 Å². The number of aliphatic hydroxyl groups is 5. The standard InChI is InChI=1S/C30H28O5/c31-29(32)27-15-13-25-17-23(12-14-26(25)27)21-10-11-22(16-21)24-9-8-20(28(18-24)30(33,34)35)7-6-19-4-2-1-3-5-19/h1-5,8-9,11-18,27,29,31-35H,6-7,10H2. The zero-order chi connectivity index (χ0) is 24.6. The van der Waals surface area contributed by atoms with Crippen LogP contribution in [0.25, 0.3) is 17.2 Å². The summed E-state index contributed by atoms with van der Waals surface area (Å²) in [7, 11) is 0. The maximum Gasteiger partial charge on any atom is 0.304 e. The van der Waals surface area contributed by atoms with Crippen LogP contribution in [-0.4, -0.2) is 31.8 Å². The van der Waals surface area contributed by atoms with E-state index in [1.165, 1.54) is 0 Å². The molecular weight excluding hydrogens is 440 g/mol. The fourth-order valence-corrected chi connectivity index (χ4v) is 4.93. The molecule has 0 saturated heterocycles. The van der Waals surface area contributed by atoms with Crippen molar-refractivity contribution in [3.63, 3.8) is 0 Å². The molecule has 3 aromatic carbocycles. The first-order valence-corrected chi connectivity index (χ1v) is 11.7. The minimum atomic E-state index is -2.92. The van der Waals surface area contributed by atoms with Gasteiger partial charge in [0.15, 0.2) is 6.29 Å². The molecule has 5 heteroatoms. The van der Waals surface area contributed by atoms with E-state index in [0.717, 1.165) is 51.8 Å². The highest BCUT2D eigenvalue weighted by molar-refractivity contribution is 5.90. The molecule has 178 valence electrons. The van der Waals surface area contributed by atoms with Crippen LogP contribution in [0.4, 0.5) is 0 Å². The Morgan fingerprint density at radius 3 is 2.37 bits per heavy atom. The Morgan fingerprint density at radius 2 is 1.63 bits per heavy atom. The molecule has 0 amide bonds. The Hall–Kier alpha value is -3.32. The second kappa shape index (κ2) is 9.38. The van der Waals surface area contributed by atoms with E-state index >= 15 is 0 Å². The van der Waals surface area contributed by atoms with Crippen LogP contribution < -0.4 is 0 Å². The lowest BCUT2D eigenvalue weighted by Crippen LogP contribution is -2.26. The molecule has 2 aliphatic carbocycles. The maximum atomic E-state index is 10.0. The van der Waals surface area contributed by atoms with Crippen LogP contribution in [-0.2, 0) is 18.8 Å². The van der Waals surface area contributed by atoms with Gasteiger partial charge in [0.1, 0.15) is 0 Å². The number of rotatable bonds is 7. The van der Waals surface area contributed by atoms with Gasteiger partial charge in [0.25, 0.3) is 0 Å². The molecule has 0 radical (unpaired) electrons. The van der Waals surface area contributed by atoms with E-state index in [1.807, 2.05) is 60.7 Å². The topological polar surface area (TPSA) is 101 Å². The molecule has 5 N–H and O–H groups in total. The number of benzene rings is 3. The van der Waals surface area contributed by atoms with Gasteiger partial charge in [0, 0.05) is 5.56 Å². The average molecular weight is 469 g/mol. The highest BCUT2D eigenvalue weighted by Gasteiger charge is 2.27. The van der Waals surface area contributed by atoms with Gasteiger partial charge >= 0.3 is 5.97 Å². The molecule has 1 unspecified atom stereocenters. The zero-order valence-electron chi connectivity index (χ0n) is 19.2. The first-order valence-electron chi connectivity index (χ1n) is 11.7. The Bertz CT molecular complexity index is 1330. The fourth-order valence-electron chi connectivity index (χ4n) is 4.93. The lowest BCUT2D eigenvalue weighted by atomic mass is 9.94. The van der Waals surface area contributed by atoms with E-state index in [-0.39, 0.29) is 5.56 Å². The summed E-state index contributed by atoms with van der Waals surface area (Å²) in [6.45, 7) is 0. The van der Waals surface area contributed by atoms with Crippen LogP contribution in [0, 0.1) is 0 Å². The predicted octanol–water partition coefficient (Wildman–Crippen LogP) is 3.85. The van der Waals surface area contributed by atoms with Gasteiger partial charge in [0.2, 0.25) is 0 Å². The van der Waals surface area contributed by atoms with Crippen molar-refractivity contribution < 1.29 is 25.5 Å². The zero-order valence-corrected chi connectivity index (χ0v) is 19.2. The Labute approximate surface area is 204 Å². The molecule has 5 nitrogen and oxygen atoms in total. The summed E-state index contributed by atoms with van der Waals surface area (Å²) in [5.74, 6) is -3.33. The normalized spacial score (nSPS) is 17.0. The number of aliphatic hydroxyl groups excluding tert-OH is 1. The first kappa shape index (κ1) is 23.4. The highest BCUT2D eigenvalue weighted by Crippen LogP contribution is 2.38. The van der Waals surface area contributed by atoms with Gasteiger partial charge in [-0.15, -0.1) is 0 Å². The van der Waals surface area contributed by atoms with Crippen LogP contribution in [0.3, 0.4) is 0 Å². The number of allylic oxidation sites excluding steroid dienone is 4. The van der Waals surface area contributed by atoms with Gasteiger partial charge in [-0.1, -0.05) is 78.9 Å². The van der Waals surface area contributed by atoms with Crippen molar-refractivity contribution in [2.24, 2.45) is 0 Å². The molecule has 2 aliphatic rings. The second-order valence-electron chi connectivity index (χ2n) is 9.17.